The molecular weight excluding hydrogens is 286 g/mol. The molecule has 0 amide bonds. The van der Waals surface area contributed by atoms with E-state index in [1.807, 2.05) is 7.05 Å². The molecular formula is C15H19N3O2S. The molecule has 0 spiro atoms. The van der Waals surface area contributed by atoms with Crippen molar-refractivity contribution in [3.63, 3.8) is 0 Å². The number of nitrogens with zero attached hydrogens (tertiary/aromatic N) is 2. The van der Waals surface area contributed by atoms with Crippen LogP contribution in [0, 0.1) is 6.92 Å². The van der Waals surface area contributed by atoms with Crippen molar-refractivity contribution in [2.75, 3.05) is 20.3 Å². The average molecular weight is 305 g/mol. The van der Waals surface area contributed by atoms with Crippen molar-refractivity contribution in [3.8, 4) is 0 Å². The van der Waals surface area contributed by atoms with Gasteiger partial charge in [-0.15, -0.1) is 11.8 Å². The van der Waals surface area contributed by atoms with Gasteiger partial charge in [0, 0.05) is 10.9 Å². The van der Waals surface area contributed by atoms with Gasteiger partial charge in [0.05, 0.1) is 24.9 Å². The highest BCUT2D eigenvalue weighted by Crippen LogP contribution is 2.26. The monoisotopic (exact) mass is 305 g/mol. The maximum Gasteiger partial charge on any atom is 0.233 e. The molecule has 2 heterocycles. The van der Waals surface area contributed by atoms with Gasteiger partial charge in [-0.3, -0.25) is 0 Å². The van der Waals surface area contributed by atoms with Crippen LogP contribution in [0.25, 0.3) is 0 Å². The average Bonchev–Trinajstić information content (AvgIpc) is 3.13. The topological polar surface area (TPSA) is 60.2 Å². The van der Waals surface area contributed by atoms with Gasteiger partial charge >= 0.3 is 0 Å². The Bertz CT molecular complexity index is 602. The first kappa shape index (κ1) is 14.6. The van der Waals surface area contributed by atoms with E-state index in [2.05, 4.69) is 46.6 Å². The number of ether oxygens (including phenoxy) is 1. The Labute approximate surface area is 128 Å². The molecule has 0 bridgehead atoms. The van der Waals surface area contributed by atoms with Crippen molar-refractivity contribution < 1.29 is 9.26 Å². The maximum atomic E-state index is 5.47. The van der Waals surface area contributed by atoms with E-state index >= 15 is 0 Å². The van der Waals surface area contributed by atoms with Crippen molar-refractivity contribution in [3.05, 3.63) is 41.5 Å². The quantitative estimate of drug-likeness (QED) is 0.856. The largest absolute Gasteiger partial charge is 0.379 e. The molecule has 2 atom stereocenters. The first-order valence-corrected chi connectivity index (χ1v) is 8.02. The second-order valence-corrected chi connectivity index (χ2v) is 6.24. The Morgan fingerprint density at radius 2 is 2.29 bits per heavy atom. The Kier molecular flexibility index (Phi) is 4.57. The van der Waals surface area contributed by atoms with E-state index in [1.54, 1.807) is 11.8 Å². The number of aromatic nitrogens is 2. The lowest BCUT2D eigenvalue weighted by Gasteiger charge is -2.11. The summed E-state index contributed by atoms with van der Waals surface area (Å²) >= 11 is 1.72. The van der Waals surface area contributed by atoms with Gasteiger partial charge in [0.15, 0.2) is 5.82 Å². The Morgan fingerprint density at radius 1 is 1.38 bits per heavy atom. The van der Waals surface area contributed by atoms with Crippen LogP contribution in [0.5, 0.6) is 0 Å². The van der Waals surface area contributed by atoms with Crippen LogP contribution in [-0.2, 0) is 10.5 Å². The highest BCUT2D eigenvalue weighted by Gasteiger charge is 2.32. The molecule has 1 fully saturated rings. The van der Waals surface area contributed by atoms with Crippen LogP contribution < -0.4 is 5.32 Å². The number of rotatable bonds is 5. The van der Waals surface area contributed by atoms with Gasteiger partial charge in [0.1, 0.15) is 0 Å². The summed E-state index contributed by atoms with van der Waals surface area (Å²) in [7, 11) is 1.93. The first-order chi connectivity index (χ1) is 10.3. The molecule has 0 radical (unpaired) electrons. The number of nitrogens with one attached hydrogen (secondary N) is 1. The number of benzene rings is 1. The van der Waals surface area contributed by atoms with Gasteiger partial charge in [-0.2, -0.15) is 4.98 Å². The third kappa shape index (κ3) is 3.45. The summed E-state index contributed by atoms with van der Waals surface area (Å²) in [6.45, 7) is 3.42. The Balaban J connectivity index is 1.63. The summed E-state index contributed by atoms with van der Waals surface area (Å²) in [6.07, 6.45) is 0. The molecule has 112 valence electrons. The molecule has 5 nitrogen and oxygen atoms in total. The lowest BCUT2D eigenvalue weighted by molar-refractivity contribution is 0.185. The fourth-order valence-electron chi connectivity index (χ4n) is 2.41. The first-order valence-electron chi connectivity index (χ1n) is 7.03. The van der Waals surface area contributed by atoms with Crippen LogP contribution in [0.2, 0.25) is 0 Å². The van der Waals surface area contributed by atoms with Crippen LogP contribution in [-0.4, -0.2) is 36.4 Å². The molecule has 1 aliphatic rings. The second kappa shape index (κ2) is 6.60. The van der Waals surface area contributed by atoms with Crippen molar-refractivity contribution >= 4 is 11.8 Å². The summed E-state index contributed by atoms with van der Waals surface area (Å²) in [5.41, 5.74) is 1.26. The van der Waals surface area contributed by atoms with E-state index in [-0.39, 0.29) is 12.0 Å². The van der Waals surface area contributed by atoms with E-state index in [9.17, 15) is 0 Å². The van der Waals surface area contributed by atoms with Crippen molar-refractivity contribution in [2.45, 2.75) is 29.5 Å². The van der Waals surface area contributed by atoms with E-state index < -0.39 is 0 Å². The van der Waals surface area contributed by atoms with Crippen LogP contribution in [0.3, 0.4) is 0 Å². The Morgan fingerprint density at radius 3 is 3.10 bits per heavy atom. The lowest BCUT2D eigenvalue weighted by atomic mass is 10.0. The molecule has 2 unspecified atom stereocenters. The molecule has 1 N–H and O–H groups in total. The van der Waals surface area contributed by atoms with Gasteiger partial charge < -0.3 is 14.6 Å². The second-order valence-electron chi connectivity index (χ2n) is 5.19. The molecule has 1 saturated heterocycles. The van der Waals surface area contributed by atoms with E-state index in [0.717, 1.165) is 5.82 Å². The summed E-state index contributed by atoms with van der Waals surface area (Å²) in [6, 6.07) is 8.66. The molecule has 21 heavy (non-hydrogen) atoms. The van der Waals surface area contributed by atoms with Crippen LogP contribution >= 0.6 is 11.8 Å². The van der Waals surface area contributed by atoms with Gasteiger partial charge in [-0.05, 0) is 26.1 Å². The zero-order valence-electron chi connectivity index (χ0n) is 12.2. The van der Waals surface area contributed by atoms with E-state index in [1.165, 1.54) is 10.5 Å². The molecule has 6 heteroatoms. The SMILES string of the molecule is CNC1COCC1c1nc(CSc2cccc(C)c2)no1. The summed E-state index contributed by atoms with van der Waals surface area (Å²) < 4.78 is 10.9. The predicted molar refractivity (Wildman–Crippen MR) is 81.4 cm³/mol. The highest BCUT2D eigenvalue weighted by atomic mass is 32.2. The number of likely N-dealkylation sites (N-methyl/N-ethyl adjacent to an activating group) is 1. The third-order valence-corrected chi connectivity index (χ3v) is 4.60. The predicted octanol–water partition coefficient (Wildman–Crippen LogP) is 2.37. The molecule has 0 aliphatic carbocycles. The number of hydrogen-bond acceptors (Lipinski definition) is 6. The van der Waals surface area contributed by atoms with Crippen LogP contribution in [0.1, 0.15) is 23.2 Å². The standard InChI is InChI=1S/C15H19N3O2S/c1-10-4-3-5-11(6-10)21-9-14-17-15(20-18-14)12-7-19-8-13(12)16-2/h3-6,12-13,16H,7-9H2,1-2H3. The highest BCUT2D eigenvalue weighted by molar-refractivity contribution is 7.98. The minimum atomic E-state index is 0.153. The minimum absolute atomic E-state index is 0.153. The maximum absolute atomic E-state index is 5.47. The van der Waals surface area contributed by atoms with Gasteiger partial charge in [-0.1, -0.05) is 22.9 Å². The zero-order chi connectivity index (χ0) is 14.7. The van der Waals surface area contributed by atoms with E-state index in [0.29, 0.717) is 24.9 Å². The summed E-state index contributed by atoms with van der Waals surface area (Å²) in [5, 5.41) is 7.30. The lowest BCUT2D eigenvalue weighted by Crippen LogP contribution is -2.31. The molecule has 1 aliphatic heterocycles. The molecule has 1 aromatic carbocycles. The zero-order valence-corrected chi connectivity index (χ0v) is 13.0. The van der Waals surface area contributed by atoms with Gasteiger partial charge in [-0.25, -0.2) is 0 Å². The molecule has 2 aromatic rings. The van der Waals surface area contributed by atoms with Crippen LogP contribution in [0.15, 0.2) is 33.7 Å². The molecule has 1 aromatic heterocycles. The summed E-state index contributed by atoms with van der Waals surface area (Å²) in [5.74, 6) is 2.27. The number of thioether (sulfide) groups is 1. The molecule has 0 saturated carbocycles. The fraction of sp³-hybridized carbons (Fsp3) is 0.467. The van der Waals surface area contributed by atoms with Gasteiger partial charge in [0.25, 0.3) is 0 Å². The minimum Gasteiger partial charge on any atom is -0.379 e. The van der Waals surface area contributed by atoms with Gasteiger partial charge in [0.2, 0.25) is 5.89 Å². The Hall–Kier alpha value is -1.37. The number of aryl methyl sites for hydroxylation is 1. The summed E-state index contributed by atoms with van der Waals surface area (Å²) in [4.78, 5) is 5.73. The van der Waals surface area contributed by atoms with Crippen molar-refractivity contribution in [1.82, 2.24) is 15.5 Å². The van der Waals surface area contributed by atoms with Crippen molar-refractivity contribution in [1.29, 1.82) is 0 Å². The van der Waals surface area contributed by atoms with Crippen LogP contribution in [0.4, 0.5) is 0 Å². The van der Waals surface area contributed by atoms with Crippen molar-refractivity contribution in [2.24, 2.45) is 0 Å². The third-order valence-electron chi connectivity index (χ3n) is 3.61. The fourth-order valence-corrected chi connectivity index (χ4v) is 3.27. The number of hydrogen-bond donors (Lipinski definition) is 1. The van der Waals surface area contributed by atoms with E-state index in [4.69, 9.17) is 9.26 Å². The normalized spacial score (nSPS) is 21.8. The smallest absolute Gasteiger partial charge is 0.233 e. The molecule has 3 rings (SSSR count).